The summed E-state index contributed by atoms with van der Waals surface area (Å²) in [5.41, 5.74) is 0. The van der Waals surface area contributed by atoms with Crippen LogP contribution in [0.2, 0.25) is 0 Å². The fraction of sp³-hybridized carbons (Fsp3) is 0.778. The van der Waals surface area contributed by atoms with Crippen LogP contribution in [0.5, 0.6) is 0 Å². The lowest BCUT2D eigenvalue weighted by Crippen LogP contribution is -2.34. The van der Waals surface area contributed by atoms with Crippen LogP contribution in [-0.2, 0) is 19.1 Å². The molecule has 126 valence electrons. The number of esters is 2. The van der Waals surface area contributed by atoms with Crippen molar-refractivity contribution in [3.05, 3.63) is 12.2 Å². The minimum atomic E-state index is -0.396. The number of carbonyl (C=O) groups excluding carboxylic acids is 2. The number of allylic oxidation sites excluding steroid dienone is 2. The largest absolute Gasteiger partial charge is 0.465 e. The van der Waals surface area contributed by atoms with E-state index in [1.54, 1.807) is 0 Å². The van der Waals surface area contributed by atoms with Gasteiger partial charge in [-0.1, -0.05) is 52.2 Å². The van der Waals surface area contributed by atoms with E-state index < -0.39 is 11.8 Å². The van der Waals surface area contributed by atoms with E-state index in [0.29, 0.717) is 32.0 Å². The highest BCUT2D eigenvalue weighted by molar-refractivity contribution is 5.82. The number of hydrogen-bond donors (Lipinski definition) is 0. The van der Waals surface area contributed by atoms with Gasteiger partial charge in [-0.2, -0.15) is 0 Å². The maximum absolute atomic E-state index is 12.2. The molecule has 0 aromatic rings. The van der Waals surface area contributed by atoms with E-state index in [9.17, 15) is 9.59 Å². The van der Waals surface area contributed by atoms with Gasteiger partial charge in [-0.25, -0.2) is 0 Å². The van der Waals surface area contributed by atoms with Gasteiger partial charge in [0.25, 0.3) is 0 Å². The monoisotopic (exact) mass is 310 g/mol. The quantitative estimate of drug-likeness (QED) is 0.368. The predicted molar refractivity (Wildman–Crippen MR) is 86.3 cm³/mol. The van der Waals surface area contributed by atoms with Crippen LogP contribution in [-0.4, -0.2) is 25.2 Å². The summed E-state index contributed by atoms with van der Waals surface area (Å²) in [6.07, 6.45) is 9.04. The van der Waals surface area contributed by atoms with Gasteiger partial charge in [0.05, 0.1) is 25.0 Å². The van der Waals surface area contributed by atoms with Gasteiger partial charge in [0.2, 0.25) is 0 Å². The third-order valence-electron chi connectivity index (χ3n) is 4.24. The Hall–Kier alpha value is -1.32. The predicted octanol–water partition coefficient (Wildman–Crippen LogP) is 3.89. The normalized spacial score (nSPS) is 22.1. The summed E-state index contributed by atoms with van der Waals surface area (Å²) in [7, 11) is 0. The number of hydrogen-bond acceptors (Lipinski definition) is 4. The molecule has 3 atom stereocenters. The van der Waals surface area contributed by atoms with Gasteiger partial charge in [0, 0.05) is 0 Å². The van der Waals surface area contributed by atoms with E-state index in [0.717, 1.165) is 25.7 Å². The molecule has 0 aromatic carbocycles. The molecular formula is C18H30O4. The molecule has 0 spiro atoms. The van der Waals surface area contributed by atoms with Crippen LogP contribution in [0.3, 0.4) is 0 Å². The summed E-state index contributed by atoms with van der Waals surface area (Å²) < 4.78 is 10.7. The van der Waals surface area contributed by atoms with Crippen molar-refractivity contribution in [2.24, 2.45) is 17.8 Å². The van der Waals surface area contributed by atoms with E-state index >= 15 is 0 Å². The van der Waals surface area contributed by atoms with Crippen LogP contribution < -0.4 is 0 Å². The highest BCUT2D eigenvalue weighted by Crippen LogP contribution is 2.28. The molecule has 0 amide bonds. The number of rotatable bonds is 9. The van der Waals surface area contributed by atoms with E-state index in [4.69, 9.17) is 9.47 Å². The minimum absolute atomic E-state index is 0.258. The Morgan fingerprint density at radius 3 is 2.18 bits per heavy atom. The smallest absolute Gasteiger partial charge is 0.310 e. The zero-order valence-corrected chi connectivity index (χ0v) is 14.2. The van der Waals surface area contributed by atoms with Gasteiger partial charge in [-0.15, -0.1) is 0 Å². The molecule has 0 heterocycles. The van der Waals surface area contributed by atoms with Crippen molar-refractivity contribution in [2.45, 2.75) is 59.3 Å². The van der Waals surface area contributed by atoms with Gasteiger partial charge < -0.3 is 9.47 Å². The lowest BCUT2D eigenvalue weighted by Gasteiger charge is -2.25. The summed E-state index contributed by atoms with van der Waals surface area (Å²) in [6.45, 7) is 7.10. The second-order valence-corrected chi connectivity index (χ2v) is 6.17. The van der Waals surface area contributed by atoms with Crippen molar-refractivity contribution in [3.63, 3.8) is 0 Å². The summed E-state index contributed by atoms with van der Waals surface area (Å²) in [6, 6.07) is 0. The molecule has 0 aliphatic heterocycles. The molecule has 3 unspecified atom stereocenters. The first-order valence-corrected chi connectivity index (χ1v) is 8.58. The molecule has 22 heavy (non-hydrogen) atoms. The van der Waals surface area contributed by atoms with E-state index in [1.807, 2.05) is 19.1 Å². The van der Waals surface area contributed by atoms with Crippen LogP contribution in [0.1, 0.15) is 59.3 Å². The van der Waals surface area contributed by atoms with Crippen molar-refractivity contribution < 1.29 is 19.1 Å². The van der Waals surface area contributed by atoms with Crippen LogP contribution in [0.4, 0.5) is 0 Å². The first-order chi connectivity index (χ1) is 10.6. The highest BCUT2D eigenvalue weighted by Gasteiger charge is 2.36. The summed E-state index contributed by atoms with van der Waals surface area (Å²) >= 11 is 0. The SMILES string of the molecule is CCCCCOC(=O)C1CC=CCC1C(=O)OCC(C)CC. The lowest BCUT2D eigenvalue weighted by atomic mass is 9.83. The van der Waals surface area contributed by atoms with E-state index in [-0.39, 0.29) is 11.9 Å². The van der Waals surface area contributed by atoms with E-state index in [1.165, 1.54) is 0 Å². The van der Waals surface area contributed by atoms with Gasteiger partial charge in [-0.05, 0) is 25.2 Å². The molecule has 1 aliphatic carbocycles. The lowest BCUT2D eigenvalue weighted by molar-refractivity contribution is -0.161. The first-order valence-electron chi connectivity index (χ1n) is 8.58. The summed E-state index contributed by atoms with van der Waals surface area (Å²) in [5, 5.41) is 0. The van der Waals surface area contributed by atoms with Gasteiger partial charge in [0.1, 0.15) is 0 Å². The zero-order valence-electron chi connectivity index (χ0n) is 14.2. The maximum atomic E-state index is 12.2. The molecule has 0 fully saturated rings. The maximum Gasteiger partial charge on any atom is 0.310 e. The van der Waals surface area contributed by atoms with Crippen molar-refractivity contribution in [1.82, 2.24) is 0 Å². The van der Waals surface area contributed by atoms with E-state index in [2.05, 4.69) is 13.8 Å². The highest BCUT2D eigenvalue weighted by atomic mass is 16.5. The van der Waals surface area contributed by atoms with Crippen LogP contribution in [0.15, 0.2) is 12.2 Å². The Bertz CT molecular complexity index is 375. The Kier molecular flexibility index (Phi) is 8.86. The molecule has 0 saturated carbocycles. The van der Waals surface area contributed by atoms with Crippen molar-refractivity contribution >= 4 is 11.9 Å². The van der Waals surface area contributed by atoms with Crippen LogP contribution in [0, 0.1) is 17.8 Å². The van der Waals surface area contributed by atoms with Gasteiger partial charge in [-0.3, -0.25) is 9.59 Å². The van der Waals surface area contributed by atoms with Gasteiger partial charge >= 0.3 is 11.9 Å². The van der Waals surface area contributed by atoms with Crippen LogP contribution in [0.25, 0.3) is 0 Å². The molecule has 0 N–H and O–H groups in total. The standard InChI is InChI=1S/C18H30O4/c1-4-6-9-12-21-17(19)15-10-7-8-11-16(15)18(20)22-13-14(3)5-2/h7-8,14-16H,4-6,9-13H2,1-3H3. The first kappa shape index (κ1) is 18.7. The van der Waals surface area contributed by atoms with Crippen molar-refractivity contribution in [2.75, 3.05) is 13.2 Å². The zero-order chi connectivity index (χ0) is 16.4. The Balaban J connectivity index is 2.50. The summed E-state index contributed by atoms with van der Waals surface area (Å²) in [4.78, 5) is 24.5. The molecule has 0 radical (unpaired) electrons. The average molecular weight is 310 g/mol. The number of ether oxygens (including phenoxy) is 2. The van der Waals surface area contributed by atoms with Crippen molar-refractivity contribution in [3.8, 4) is 0 Å². The fourth-order valence-electron chi connectivity index (χ4n) is 2.42. The molecule has 0 saturated heterocycles. The number of unbranched alkanes of at least 4 members (excludes halogenated alkanes) is 2. The fourth-order valence-corrected chi connectivity index (χ4v) is 2.42. The molecule has 0 aromatic heterocycles. The second kappa shape index (κ2) is 10.4. The van der Waals surface area contributed by atoms with Crippen LogP contribution >= 0.6 is 0 Å². The Morgan fingerprint density at radius 2 is 1.64 bits per heavy atom. The molecule has 0 bridgehead atoms. The van der Waals surface area contributed by atoms with Crippen molar-refractivity contribution in [1.29, 1.82) is 0 Å². The third-order valence-corrected chi connectivity index (χ3v) is 4.24. The van der Waals surface area contributed by atoms with Gasteiger partial charge in [0.15, 0.2) is 0 Å². The minimum Gasteiger partial charge on any atom is -0.465 e. The third kappa shape index (κ3) is 6.20. The Morgan fingerprint density at radius 1 is 1.05 bits per heavy atom. The topological polar surface area (TPSA) is 52.6 Å². The molecule has 4 nitrogen and oxygen atoms in total. The summed E-state index contributed by atoms with van der Waals surface area (Å²) in [5.74, 6) is -0.961. The molecular weight excluding hydrogens is 280 g/mol. The second-order valence-electron chi connectivity index (χ2n) is 6.17. The Labute approximate surface area is 134 Å². The number of carbonyl (C=O) groups is 2. The molecule has 1 aliphatic rings. The molecule has 4 heteroatoms. The average Bonchev–Trinajstić information content (AvgIpc) is 2.56. The molecule has 1 rings (SSSR count).